The fourth-order valence-corrected chi connectivity index (χ4v) is 3.19. The number of rotatable bonds is 4. The van der Waals surface area contributed by atoms with Gasteiger partial charge in [-0.15, -0.1) is 0 Å². The third-order valence-electron chi connectivity index (χ3n) is 3.76. The maximum absolute atomic E-state index is 11.0. The van der Waals surface area contributed by atoms with Gasteiger partial charge in [-0.2, -0.15) is 5.10 Å². The van der Waals surface area contributed by atoms with Crippen molar-refractivity contribution in [2.24, 2.45) is 5.10 Å². The van der Waals surface area contributed by atoms with Gasteiger partial charge in [0, 0.05) is 5.56 Å². The van der Waals surface area contributed by atoms with Gasteiger partial charge in [0.1, 0.15) is 24.5 Å². The molecule has 22 heavy (non-hydrogen) atoms. The molecule has 1 aromatic rings. The molecule has 2 aliphatic rings. The Balaban J connectivity index is 1.89. The molecule has 3 rings (SSSR count). The molecule has 0 aliphatic carbocycles. The van der Waals surface area contributed by atoms with E-state index in [1.54, 1.807) is 4.90 Å². The van der Waals surface area contributed by atoms with Crippen molar-refractivity contribution in [1.29, 1.82) is 0 Å². The number of nitrogens with zero attached hydrogens (tertiary/aromatic N) is 2. The van der Waals surface area contributed by atoms with Crippen molar-refractivity contribution in [3.05, 3.63) is 23.8 Å². The van der Waals surface area contributed by atoms with Crippen LogP contribution in [0.4, 0.5) is 5.69 Å². The molecule has 0 fully saturated rings. The highest BCUT2D eigenvalue weighted by molar-refractivity contribution is 7.72. The van der Waals surface area contributed by atoms with Crippen LogP contribution in [0.3, 0.4) is 0 Å². The van der Waals surface area contributed by atoms with E-state index in [2.05, 4.69) is 10.5 Å². The molecule has 0 aromatic heterocycles. The van der Waals surface area contributed by atoms with Crippen LogP contribution < -0.4 is 15.1 Å². The van der Waals surface area contributed by atoms with E-state index in [0.29, 0.717) is 31.7 Å². The SMILES string of the molecule is O=CC1CCC(c2ccc3c(c2)N(C[SH](=O)=O)CCO3)=NN1. The minimum atomic E-state index is -2.49. The van der Waals surface area contributed by atoms with Crippen LogP contribution in [0.5, 0.6) is 5.75 Å². The first-order valence-corrected chi connectivity index (χ1v) is 8.45. The number of hydrogen-bond donors (Lipinski definition) is 2. The lowest BCUT2D eigenvalue weighted by Crippen LogP contribution is -2.34. The highest BCUT2D eigenvalue weighted by atomic mass is 32.2. The third-order valence-corrected chi connectivity index (χ3v) is 4.33. The average molecular weight is 323 g/mol. The molecule has 1 atom stereocenters. The van der Waals surface area contributed by atoms with Crippen LogP contribution in [0.15, 0.2) is 23.3 Å². The van der Waals surface area contributed by atoms with E-state index in [1.165, 1.54) is 0 Å². The Hall–Kier alpha value is -2.09. The lowest BCUT2D eigenvalue weighted by atomic mass is 10.0. The predicted octanol–water partition coefficient (Wildman–Crippen LogP) is 0.109. The molecule has 1 N–H and O–H groups in total. The number of carbonyl (C=O) groups excluding carboxylic acids is 1. The molecule has 0 radical (unpaired) electrons. The Morgan fingerprint density at radius 1 is 1.45 bits per heavy atom. The van der Waals surface area contributed by atoms with Crippen molar-refractivity contribution in [1.82, 2.24) is 5.43 Å². The van der Waals surface area contributed by atoms with Gasteiger partial charge in [-0.05, 0) is 31.0 Å². The average Bonchev–Trinajstić information content (AvgIpc) is 2.54. The van der Waals surface area contributed by atoms with E-state index in [-0.39, 0.29) is 11.9 Å². The summed E-state index contributed by atoms with van der Waals surface area (Å²) in [5.74, 6) is 0.662. The van der Waals surface area contributed by atoms with Crippen molar-refractivity contribution in [3.63, 3.8) is 0 Å². The molecule has 0 saturated carbocycles. The van der Waals surface area contributed by atoms with Crippen LogP contribution in [0.2, 0.25) is 0 Å². The van der Waals surface area contributed by atoms with Gasteiger partial charge in [0.05, 0.1) is 24.0 Å². The third kappa shape index (κ3) is 3.06. The summed E-state index contributed by atoms with van der Waals surface area (Å²) in [7, 11) is -2.49. The molecule has 1 aromatic carbocycles. The van der Waals surface area contributed by atoms with Crippen molar-refractivity contribution >= 4 is 28.4 Å². The molecule has 8 heteroatoms. The molecule has 7 nitrogen and oxygen atoms in total. The Morgan fingerprint density at radius 3 is 3.00 bits per heavy atom. The lowest BCUT2D eigenvalue weighted by molar-refractivity contribution is -0.109. The van der Waals surface area contributed by atoms with Crippen molar-refractivity contribution in [2.75, 3.05) is 23.9 Å². The van der Waals surface area contributed by atoms with E-state index in [0.717, 1.165) is 23.2 Å². The van der Waals surface area contributed by atoms with E-state index in [9.17, 15) is 13.2 Å². The van der Waals surface area contributed by atoms with Crippen LogP contribution >= 0.6 is 0 Å². The van der Waals surface area contributed by atoms with Gasteiger partial charge in [-0.3, -0.25) is 5.43 Å². The van der Waals surface area contributed by atoms with Gasteiger partial charge >= 0.3 is 0 Å². The molecule has 0 amide bonds. The van der Waals surface area contributed by atoms with E-state index >= 15 is 0 Å². The Morgan fingerprint density at radius 2 is 2.32 bits per heavy atom. The van der Waals surface area contributed by atoms with E-state index < -0.39 is 10.7 Å². The summed E-state index contributed by atoms with van der Waals surface area (Å²) in [4.78, 5) is 12.5. The lowest BCUT2D eigenvalue weighted by Gasteiger charge is -2.30. The van der Waals surface area contributed by atoms with Gasteiger partial charge in [0.15, 0.2) is 10.7 Å². The molecule has 2 aliphatic heterocycles. The maximum Gasteiger partial charge on any atom is 0.158 e. The number of thiol groups is 1. The first-order chi connectivity index (χ1) is 10.7. The first-order valence-electron chi connectivity index (χ1n) is 7.08. The number of ether oxygens (including phenoxy) is 1. The summed E-state index contributed by atoms with van der Waals surface area (Å²) in [6, 6.07) is 5.41. The second-order valence-corrected chi connectivity index (χ2v) is 6.19. The van der Waals surface area contributed by atoms with Crippen molar-refractivity contribution < 1.29 is 17.9 Å². The molecular formula is C14H17N3O4S. The van der Waals surface area contributed by atoms with Gasteiger partial charge in [0.25, 0.3) is 0 Å². The zero-order chi connectivity index (χ0) is 15.5. The highest BCUT2D eigenvalue weighted by Gasteiger charge is 2.21. The fourth-order valence-electron chi connectivity index (χ4n) is 2.62. The molecule has 2 heterocycles. The topological polar surface area (TPSA) is 88.1 Å². The molecule has 0 bridgehead atoms. The van der Waals surface area contributed by atoms with Gasteiger partial charge in [0.2, 0.25) is 0 Å². The van der Waals surface area contributed by atoms with Crippen LogP contribution in [-0.4, -0.2) is 45.5 Å². The number of anilines is 1. The van der Waals surface area contributed by atoms with Gasteiger partial charge in [-0.1, -0.05) is 0 Å². The summed E-state index contributed by atoms with van der Waals surface area (Å²) in [5, 5.41) is 4.24. The second-order valence-electron chi connectivity index (χ2n) is 5.24. The largest absolute Gasteiger partial charge is 0.490 e. The Kier molecular flexibility index (Phi) is 4.28. The number of carbonyl (C=O) groups is 1. The molecule has 118 valence electrons. The minimum absolute atomic E-state index is 0.0207. The fraction of sp³-hybridized carbons (Fsp3) is 0.429. The quantitative estimate of drug-likeness (QED) is 0.604. The molecule has 0 saturated heterocycles. The number of hydrogen-bond acceptors (Lipinski definition) is 7. The summed E-state index contributed by atoms with van der Waals surface area (Å²) in [6.45, 7) is 1.01. The Bertz CT molecular complexity index is 679. The minimum Gasteiger partial charge on any atom is -0.490 e. The van der Waals surface area contributed by atoms with Crippen molar-refractivity contribution in [2.45, 2.75) is 18.9 Å². The molecule has 1 unspecified atom stereocenters. The van der Waals surface area contributed by atoms with E-state index in [4.69, 9.17) is 4.74 Å². The normalized spacial score (nSPS) is 20.7. The van der Waals surface area contributed by atoms with Crippen LogP contribution in [-0.2, 0) is 15.5 Å². The Labute approximate surface area is 129 Å². The zero-order valence-electron chi connectivity index (χ0n) is 11.9. The summed E-state index contributed by atoms with van der Waals surface area (Å²) in [5.41, 5.74) is 5.35. The second kappa shape index (κ2) is 6.35. The van der Waals surface area contributed by atoms with E-state index in [1.807, 2.05) is 18.2 Å². The maximum atomic E-state index is 11.0. The summed E-state index contributed by atoms with van der Waals surface area (Å²) >= 11 is 0. The number of benzene rings is 1. The first kappa shape index (κ1) is 14.8. The summed E-state index contributed by atoms with van der Waals surface area (Å²) in [6.07, 6.45) is 2.26. The smallest absolute Gasteiger partial charge is 0.158 e. The number of nitrogens with one attached hydrogen (secondary N) is 1. The monoisotopic (exact) mass is 323 g/mol. The standard InChI is InChI=1S/C14H17N3O4S/c18-8-11-2-3-12(16-15-11)10-1-4-14-13(7-10)17(5-6-21-14)9-22(19)20/h1,4,7-8,11,15,22H,2-3,5-6,9H2. The molecular weight excluding hydrogens is 306 g/mol. The van der Waals surface area contributed by atoms with Crippen LogP contribution in [0, 0.1) is 0 Å². The highest BCUT2D eigenvalue weighted by Crippen LogP contribution is 2.33. The van der Waals surface area contributed by atoms with Crippen LogP contribution in [0.1, 0.15) is 18.4 Å². The number of hydrazone groups is 1. The summed E-state index contributed by atoms with van der Waals surface area (Å²) < 4.78 is 27.6. The molecule has 0 spiro atoms. The van der Waals surface area contributed by atoms with Crippen molar-refractivity contribution in [3.8, 4) is 5.75 Å². The van der Waals surface area contributed by atoms with Gasteiger partial charge < -0.3 is 14.4 Å². The predicted molar refractivity (Wildman–Crippen MR) is 83.2 cm³/mol. The van der Waals surface area contributed by atoms with Gasteiger partial charge in [-0.25, -0.2) is 8.42 Å². The number of aldehydes is 1. The van der Waals surface area contributed by atoms with Crippen LogP contribution in [0.25, 0.3) is 0 Å². The number of fused-ring (bicyclic) bond motifs is 1. The zero-order valence-corrected chi connectivity index (χ0v) is 12.8.